The number of anilines is 3. The van der Waals surface area contributed by atoms with Crippen LogP contribution >= 0.6 is 0 Å². The second-order valence-electron chi connectivity index (χ2n) is 11.5. The summed E-state index contributed by atoms with van der Waals surface area (Å²) in [5, 5.41) is 2.91. The maximum absolute atomic E-state index is 13.7. The Morgan fingerprint density at radius 2 is 1.51 bits per heavy atom. The van der Waals surface area contributed by atoms with Gasteiger partial charge in [0.15, 0.2) is 11.5 Å². The van der Waals surface area contributed by atoms with Crippen LogP contribution in [-0.4, -0.2) is 42.9 Å². The number of benzene rings is 3. The number of hydrogen-bond donors (Lipinski definition) is 3. The van der Waals surface area contributed by atoms with Crippen molar-refractivity contribution < 1.29 is 19.0 Å². The molecule has 3 aromatic carbocycles. The van der Waals surface area contributed by atoms with Crippen molar-refractivity contribution >= 4 is 23.1 Å². The standard InChI is InChI=1S/C37H37N5O5/c1-45-33-12-7-26(18-34(33)46-2)27-17-30(36(39)40-19-27)24-5-10-29(11-6-24)41-37(44)32-22-42(20-23-13-15-47-16-14-23)21-31(35(32)43)25-3-8-28(38)9-4-25/h3-12,17-19,21-23H,13-16,20,38H2,1-2H3,(H2,39,40)(H,41,44). The van der Waals surface area contributed by atoms with Gasteiger partial charge in [-0.25, -0.2) is 4.98 Å². The van der Waals surface area contributed by atoms with Crippen molar-refractivity contribution in [2.24, 2.45) is 5.92 Å². The lowest BCUT2D eigenvalue weighted by molar-refractivity contribution is 0.0612. The second-order valence-corrected chi connectivity index (χ2v) is 11.5. The summed E-state index contributed by atoms with van der Waals surface area (Å²) in [6.45, 7) is 2.10. The normalized spacial score (nSPS) is 13.2. The molecule has 240 valence electrons. The molecule has 0 radical (unpaired) electrons. The molecule has 10 nitrogen and oxygen atoms in total. The molecule has 47 heavy (non-hydrogen) atoms. The molecule has 0 atom stereocenters. The summed E-state index contributed by atoms with van der Waals surface area (Å²) >= 11 is 0. The highest BCUT2D eigenvalue weighted by Gasteiger charge is 2.20. The smallest absolute Gasteiger partial charge is 0.261 e. The number of aromatic nitrogens is 2. The van der Waals surface area contributed by atoms with Gasteiger partial charge in [0, 0.05) is 66.4 Å². The fraction of sp³-hybridized carbons (Fsp3) is 0.216. The summed E-state index contributed by atoms with van der Waals surface area (Å²) in [5.74, 6) is 1.51. The van der Waals surface area contributed by atoms with Crippen LogP contribution in [0.3, 0.4) is 0 Å². The maximum atomic E-state index is 13.7. The van der Waals surface area contributed by atoms with Crippen LogP contribution in [0.15, 0.2) is 96.2 Å². The molecule has 1 aliphatic heterocycles. The lowest BCUT2D eigenvalue weighted by Gasteiger charge is -2.23. The molecule has 0 unspecified atom stereocenters. The Balaban J connectivity index is 1.26. The first-order chi connectivity index (χ1) is 22.8. The van der Waals surface area contributed by atoms with Crippen LogP contribution in [0.1, 0.15) is 23.2 Å². The molecule has 1 saturated heterocycles. The highest BCUT2D eigenvalue weighted by molar-refractivity contribution is 6.04. The van der Waals surface area contributed by atoms with Crippen LogP contribution in [0.5, 0.6) is 11.5 Å². The van der Waals surface area contributed by atoms with E-state index < -0.39 is 5.91 Å². The highest BCUT2D eigenvalue weighted by Crippen LogP contribution is 2.35. The van der Waals surface area contributed by atoms with E-state index in [0.717, 1.165) is 35.1 Å². The Hall–Kier alpha value is -5.61. The molecule has 5 N–H and O–H groups in total. The number of methoxy groups -OCH3 is 2. The molecule has 10 heteroatoms. The number of ether oxygens (including phenoxy) is 3. The van der Waals surface area contributed by atoms with Gasteiger partial charge in [-0.15, -0.1) is 0 Å². The molecule has 2 aromatic heterocycles. The minimum absolute atomic E-state index is 0.0616. The van der Waals surface area contributed by atoms with Gasteiger partial charge < -0.3 is 35.6 Å². The second kappa shape index (κ2) is 13.8. The quantitative estimate of drug-likeness (QED) is 0.166. The van der Waals surface area contributed by atoms with E-state index in [0.29, 0.717) is 65.5 Å². The number of nitrogens with zero attached hydrogens (tertiary/aromatic N) is 2. The Morgan fingerprint density at radius 3 is 2.21 bits per heavy atom. The fourth-order valence-corrected chi connectivity index (χ4v) is 5.81. The van der Waals surface area contributed by atoms with Gasteiger partial charge in [0.25, 0.3) is 5.91 Å². The van der Waals surface area contributed by atoms with Gasteiger partial charge in [-0.1, -0.05) is 30.3 Å². The van der Waals surface area contributed by atoms with Crippen LogP contribution < -0.4 is 31.7 Å². The van der Waals surface area contributed by atoms with Crippen molar-refractivity contribution in [3.8, 4) is 44.9 Å². The summed E-state index contributed by atoms with van der Waals surface area (Å²) in [6.07, 6.45) is 7.03. The average molecular weight is 632 g/mol. The van der Waals surface area contributed by atoms with Crippen LogP contribution in [0.4, 0.5) is 17.2 Å². The monoisotopic (exact) mass is 631 g/mol. The molecule has 0 aliphatic carbocycles. The van der Waals surface area contributed by atoms with E-state index in [9.17, 15) is 9.59 Å². The molecule has 3 heterocycles. The Labute approximate surface area is 272 Å². The Kier molecular flexibility index (Phi) is 9.21. The van der Waals surface area contributed by atoms with E-state index in [1.54, 1.807) is 63.0 Å². The maximum Gasteiger partial charge on any atom is 0.261 e. The summed E-state index contributed by atoms with van der Waals surface area (Å²) in [4.78, 5) is 31.7. The van der Waals surface area contributed by atoms with E-state index in [4.69, 9.17) is 25.7 Å². The molecular weight excluding hydrogens is 594 g/mol. The van der Waals surface area contributed by atoms with Crippen molar-refractivity contribution in [1.82, 2.24) is 9.55 Å². The highest BCUT2D eigenvalue weighted by atomic mass is 16.5. The largest absolute Gasteiger partial charge is 0.493 e. The summed E-state index contributed by atoms with van der Waals surface area (Å²) in [6, 6.07) is 22.0. The molecular formula is C37H37N5O5. The van der Waals surface area contributed by atoms with Crippen LogP contribution in [0.2, 0.25) is 0 Å². The van der Waals surface area contributed by atoms with Gasteiger partial charge in [-0.3, -0.25) is 9.59 Å². The van der Waals surface area contributed by atoms with Gasteiger partial charge >= 0.3 is 0 Å². The van der Waals surface area contributed by atoms with Crippen LogP contribution in [0.25, 0.3) is 33.4 Å². The minimum Gasteiger partial charge on any atom is -0.493 e. The van der Waals surface area contributed by atoms with E-state index in [2.05, 4.69) is 10.3 Å². The number of rotatable bonds is 9. The van der Waals surface area contributed by atoms with Crippen molar-refractivity contribution in [3.63, 3.8) is 0 Å². The number of carbonyl (C=O) groups excluding carboxylic acids is 1. The zero-order valence-electron chi connectivity index (χ0n) is 26.4. The van der Waals surface area contributed by atoms with Crippen LogP contribution in [-0.2, 0) is 11.3 Å². The Bertz CT molecular complexity index is 1950. The van der Waals surface area contributed by atoms with Crippen molar-refractivity contribution in [2.75, 3.05) is 44.2 Å². The van der Waals surface area contributed by atoms with E-state index >= 15 is 0 Å². The zero-order valence-corrected chi connectivity index (χ0v) is 26.4. The number of nitrogens with one attached hydrogen (secondary N) is 1. The van der Waals surface area contributed by atoms with Gasteiger partial charge in [0.2, 0.25) is 5.43 Å². The molecule has 1 amide bonds. The van der Waals surface area contributed by atoms with Crippen LogP contribution in [0, 0.1) is 5.92 Å². The van der Waals surface area contributed by atoms with Gasteiger partial charge in [-0.2, -0.15) is 0 Å². The summed E-state index contributed by atoms with van der Waals surface area (Å²) in [7, 11) is 3.18. The molecule has 5 aromatic rings. The topological polar surface area (TPSA) is 144 Å². The predicted octanol–water partition coefficient (Wildman–Crippen LogP) is 6.10. The molecule has 0 bridgehead atoms. The van der Waals surface area contributed by atoms with E-state index in [-0.39, 0.29) is 11.0 Å². The van der Waals surface area contributed by atoms with E-state index in [1.165, 1.54) is 0 Å². The average Bonchev–Trinajstić information content (AvgIpc) is 3.10. The first-order valence-electron chi connectivity index (χ1n) is 15.4. The first kappa shape index (κ1) is 31.4. The van der Waals surface area contributed by atoms with Gasteiger partial charge in [0.1, 0.15) is 11.4 Å². The van der Waals surface area contributed by atoms with Gasteiger partial charge in [0.05, 0.1) is 14.2 Å². The number of carbonyl (C=O) groups is 1. The van der Waals surface area contributed by atoms with Crippen molar-refractivity contribution in [2.45, 2.75) is 19.4 Å². The predicted molar refractivity (Wildman–Crippen MR) is 185 cm³/mol. The molecule has 1 fully saturated rings. The molecule has 1 aliphatic rings. The number of nitrogens with two attached hydrogens (primary N) is 2. The van der Waals surface area contributed by atoms with E-state index in [1.807, 2.05) is 47.2 Å². The van der Waals surface area contributed by atoms with Gasteiger partial charge in [-0.05, 0) is 77.9 Å². The summed E-state index contributed by atoms with van der Waals surface area (Å²) < 4.78 is 18.3. The summed E-state index contributed by atoms with van der Waals surface area (Å²) in [5.41, 5.74) is 17.5. The number of pyridine rings is 2. The Morgan fingerprint density at radius 1 is 0.851 bits per heavy atom. The molecule has 6 rings (SSSR count). The number of amides is 1. The van der Waals surface area contributed by atoms with Crippen molar-refractivity contribution in [3.05, 3.63) is 107 Å². The third-order valence-corrected chi connectivity index (χ3v) is 8.44. The fourth-order valence-electron chi connectivity index (χ4n) is 5.81. The minimum atomic E-state index is -0.489. The zero-order chi connectivity index (χ0) is 32.9. The first-order valence-corrected chi connectivity index (χ1v) is 15.4. The lowest BCUT2D eigenvalue weighted by Crippen LogP contribution is -2.26. The lowest BCUT2D eigenvalue weighted by atomic mass is 9.99. The number of nitrogen functional groups attached to an aromatic ring is 2. The SMILES string of the molecule is COc1ccc(-c2cnc(N)c(-c3ccc(NC(=O)c4cn(CC5CCOCC5)cc(-c5ccc(N)cc5)c4=O)cc3)c2)cc1OC. The number of hydrogen-bond acceptors (Lipinski definition) is 8. The van der Waals surface area contributed by atoms with Crippen molar-refractivity contribution in [1.29, 1.82) is 0 Å². The molecule has 0 saturated carbocycles. The third kappa shape index (κ3) is 6.97. The molecule has 0 spiro atoms. The third-order valence-electron chi connectivity index (χ3n) is 8.44.